The molecule has 0 bridgehead atoms. The molecular weight excluding hydrogens is 368 g/mol. The van der Waals surface area contributed by atoms with E-state index in [4.69, 9.17) is 0 Å². The van der Waals surface area contributed by atoms with Crippen LogP contribution in [0.5, 0.6) is 0 Å². The van der Waals surface area contributed by atoms with Crippen LogP contribution in [-0.2, 0) is 17.8 Å². The van der Waals surface area contributed by atoms with Crippen LogP contribution in [0.2, 0.25) is 0 Å². The van der Waals surface area contributed by atoms with E-state index in [9.17, 15) is 23.7 Å². The number of hydrogen-bond acceptors (Lipinski definition) is 4. The predicted molar refractivity (Wildman–Crippen MR) is 99.6 cm³/mol. The first-order valence-corrected chi connectivity index (χ1v) is 9.10. The zero-order chi connectivity index (χ0) is 20.1. The molecular formula is C20H21F2N3O3. The number of nitro benzene ring substituents is 1. The van der Waals surface area contributed by atoms with Gasteiger partial charge in [0.25, 0.3) is 5.69 Å². The minimum Gasteiger partial charge on any atom is -0.353 e. The molecule has 8 heteroatoms. The Kier molecular flexibility index (Phi) is 6.30. The number of hydrogen-bond donors (Lipinski definition) is 1. The maximum atomic E-state index is 13.3. The van der Waals surface area contributed by atoms with Gasteiger partial charge >= 0.3 is 0 Å². The van der Waals surface area contributed by atoms with E-state index in [1.165, 1.54) is 12.1 Å². The lowest BCUT2D eigenvalue weighted by Crippen LogP contribution is -2.44. The molecule has 2 aromatic carbocycles. The topological polar surface area (TPSA) is 75.5 Å². The van der Waals surface area contributed by atoms with Crippen molar-refractivity contribution in [3.63, 3.8) is 0 Å². The number of nitro groups is 1. The summed E-state index contributed by atoms with van der Waals surface area (Å²) in [4.78, 5) is 25.0. The van der Waals surface area contributed by atoms with Crippen molar-refractivity contribution in [2.24, 2.45) is 0 Å². The Bertz CT molecular complexity index is 868. The molecule has 0 aromatic heterocycles. The lowest BCUT2D eigenvalue weighted by molar-refractivity contribution is -0.385. The highest BCUT2D eigenvalue weighted by atomic mass is 19.2. The number of carbonyl (C=O) groups excluding carboxylic acids is 1. The first-order valence-electron chi connectivity index (χ1n) is 9.10. The van der Waals surface area contributed by atoms with Crippen LogP contribution >= 0.6 is 0 Å². The standard InChI is InChI=1S/C20H21F2N3O3/c21-17-6-5-14(11-18(17)22)13-24-9-7-16(8-10-24)23-20(26)12-15-3-1-2-4-19(15)25(27)28/h1-6,11,16H,7-10,12-13H2,(H,23,26). The second kappa shape index (κ2) is 8.88. The fourth-order valence-corrected chi connectivity index (χ4v) is 3.42. The van der Waals surface area contributed by atoms with Crippen LogP contribution in [0.1, 0.15) is 24.0 Å². The average Bonchev–Trinajstić information content (AvgIpc) is 2.66. The summed E-state index contributed by atoms with van der Waals surface area (Å²) in [6.45, 7) is 1.96. The number of piperidine rings is 1. The summed E-state index contributed by atoms with van der Waals surface area (Å²) in [6, 6.07) is 10.1. The third kappa shape index (κ3) is 5.10. The molecule has 1 aliphatic heterocycles. The number of likely N-dealkylation sites (tertiary alicyclic amines) is 1. The Morgan fingerprint density at radius 1 is 1.14 bits per heavy atom. The van der Waals surface area contributed by atoms with Gasteiger partial charge in [0.2, 0.25) is 5.91 Å². The Morgan fingerprint density at radius 2 is 1.86 bits per heavy atom. The van der Waals surface area contributed by atoms with Crippen LogP contribution in [0, 0.1) is 21.7 Å². The van der Waals surface area contributed by atoms with Crippen molar-refractivity contribution < 1.29 is 18.5 Å². The third-order valence-electron chi connectivity index (χ3n) is 4.88. The number of amides is 1. The van der Waals surface area contributed by atoms with Gasteiger partial charge in [-0.2, -0.15) is 0 Å². The van der Waals surface area contributed by atoms with Gasteiger partial charge in [-0.3, -0.25) is 19.8 Å². The highest BCUT2D eigenvalue weighted by Gasteiger charge is 2.22. The summed E-state index contributed by atoms with van der Waals surface area (Å²) in [5, 5.41) is 14.0. The minimum absolute atomic E-state index is 0.00327. The van der Waals surface area contributed by atoms with Crippen LogP contribution in [0.25, 0.3) is 0 Å². The van der Waals surface area contributed by atoms with Crippen molar-refractivity contribution in [2.75, 3.05) is 13.1 Å². The summed E-state index contributed by atoms with van der Waals surface area (Å²) < 4.78 is 26.3. The van der Waals surface area contributed by atoms with Gasteiger partial charge < -0.3 is 5.32 Å². The first kappa shape index (κ1) is 19.9. The Labute approximate surface area is 161 Å². The van der Waals surface area contributed by atoms with E-state index >= 15 is 0 Å². The molecule has 1 fully saturated rings. The number of nitrogens with one attached hydrogen (secondary N) is 1. The molecule has 0 aliphatic carbocycles. The van der Waals surface area contributed by atoms with Crippen LogP contribution in [-0.4, -0.2) is 34.9 Å². The van der Waals surface area contributed by atoms with Crippen molar-refractivity contribution in [2.45, 2.75) is 31.8 Å². The Balaban J connectivity index is 1.48. The fourth-order valence-electron chi connectivity index (χ4n) is 3.42. The average molecular weight is 389 g/mol. The Morgan fingerprint density at radius 3 is 2.54 bits per heavy atom. The minimum atomic E-state index is -0.858. The van der Waals surface area contributed by atoms with Crippen molar-refractivity contribution in [1.82, 2.24) is 10.2 Å². The molecule has 0 radical (unpaired) electrons. The van der Waals surface area contributed by atoms with E-state index in [-0.39, 0.29) is 24.1 Å². The third-order valence-corrected chi connectivity index (χ3v) is 4.88. The number of carbonyl (C=O) groups is 1. The maximum Gasteiger partial charge on any atom is 0.273 e. The maximum absolute atomic E-state index is 13.3. The lowest BCUT2D eigenvalue weighted by atomic mass is 10.0. The second-order valence-electron chi connectivity index (χ2n) is 6.93. The number of nitrogens with zero attached hydrogens (tertiary/aromatic N) is 2. The number of halogens is 2. The molecule has 1 N–H and O–H groups in total. The first-order chi connectivity index (χ1) is 13.4. The second-order valence-corrected chi connectivity index (χ2v) is 6.93. The van der Waals surface area contributed by atoms with Crippen LogP contribution in [0.4, 0.5) is 14.5 Å². The summed E-state index contributed by atoms with van der Waals surface area (Å²) in [5.74, 6) is -1.95. The van der Waals surface area contributed by atoms with Gasteiger partial charge in [-0.1, -0.05) is 24.3 Å². The summed E-state index contributed by atoms with van der Waals surface area (Å²) in [5.41, 5.74) is 1.04. The molecule has 0 atom stereocenters. The van der Waals surface area contributed by atoms with Crippen molar-refractivity contribution in [3.8, 4) is 0 Å². The van der Waals surface area contributed by atoms with Crippen molar-refractivity contribution >= 4 is 11.6 Å². The molecule has 3 rings (SSSR count). The van der Waals surface area contributed by atoms with Gasteiger partial charge in [-0.05, 0) is 30.5 Å². The highest BCUT2D eigenvalue weighted by molar-refractivity contribution is 5.80. The molecule has 1 amide bonds. The van der Waals surface area contributed by atoms with Crippen LogP contribution in [0.15, 0.2) is 42.5 Å². The molecule has 6 nitrogen and oxygen atoms in total. The number of benzene rings is 2. The summed E-state index contributed by atoms with van der Waals surface area (Å²) in [7, 11) is 0. The van der Waals surface area contributed by atoms with Crippen LogP contribution < -0.4 is 5.32 Å². The molecule has 1 heterocycles. The van der Waals surface area contributed by atoms with Gasteiger partial charge in [0.15, 0.2) is 11.6 Å². The molecule has 0 saturated carbocycles. The van der Waals surface area contributed by atoms with Crippen LogP contribution in [0.3, 0.4) is 0 Å². The molecule has 1 aliphatic rings. The quantitative estimate of drug-likeness (QED) is 0.608. The summed E-state index contributed by atoms with van der Waals surface area (Å²) in [6.07, 6.45) is 1.42. The molecule has 2 aromatic rings. The zero-order valence-corrected chi connectivity index (χ0v) is 15.2. The van der Waals surface area contributed by atoms with E-state index in [1.54, 1.807) is 24.3 Å². The number of rotatable bonds is 6. The SMILES string of the molecule is O=C(Cc1ccccc1[N+](=O)[O-])NC1CCN(Cc2ccc(F)c(F)c2)CC1. The monoisotopic (exact) mass is 389 g/mol. The highest BCUT2D eigenvalue weighted by Crippen LogP contribution is 2.19. The number of para-hydroxylation sites is 1. The van der Waals surface area contributed by atoms with Gasteiger partial charge in [-0.25, -0.2) is 8.78 Å². The van der Waals surface area contributed by atoms with Crippen molar-refractivity contribution in [3.05, 3.63) is 75.3 Å². The molecule has 28 heavy (non-hydrogen) atoms. The molecule has 0 unspecified atom stereocenters. The zero-order valence-electron chi connectivity index (χ0n) is 15.2. The van der Waals surface area contributed by atoms with E-state index in [0.717, 1.165) is 32.0 Å². The molecule has 148 valence electrons. The van der Waals surface area contributed by atoms with E-state index < -0.39 is 16.6 Å². The fraction of sp³-hybridized carbons (Fsp3) is 0.350. The van der Waals surface area contributed by atoms with Gasteiger partial charge in [0, 0.05) is 37.3 Å². The molecule has 1 saturated heterocycles. The summed E-state index contributed by atoms with van der Waals surface area (Å²) >= 11 is 0. The molecule has 0 spiro atoms. The van der Waals surface area contributed by atoms with Gasteiger partial charge in [-0.15, -0.1) is 0 Å². The predicted octanol–water partition coefficient (Wildman–Crippen LogP) is 3.20. The largest absolute Gasteiger partial charge is 0.353 e. The van der Waals surface area contributed by atoms with Crippen molar-refractivity contribution in [1.29, 1.82) is 0 Å². The van der Waals surface area contributed by atoms with E-state index in [0.29, 0.717) is 17.7 Å². The van der Waals surface area contributed by atoms with Gasteiger partial charge in [0.05, 0.1) is 11.3 Å². The van der Waals surface area contributed by atoms with Gasteiger partial charge in [0.1, 0.15) is 0 Å². The Hall–Kier alpha value is -2.87. The smallest absolute Gasteiger partial charge is 0.273 e. The normalized spacial score (nSPS) is 15.4. The van der Waals surface area contributed by atoms with E-state index in [1.807, 2.05) is 0 Å². The lowest BCUT2D eigenvalue weighted by Gasteiger charge is -2.32. The van der Waals surface area contributed by atoms with E-state index in [2.05, 4.69) is 10.2 Å².